The van der Waals surface area contributed by atoms with E-state index in [9.17, 15) is 0 Å². The van der Waals surface area contributed by atoms with Gasteiger partial charge in [0.15, 0.2) is 34.9 Å². The minimum atomic E-state index is 0.635. The number of aromatic nitrogens is 6. The van der Waals surface area contributed by atoms with E-state index in [1.807, 2.05) is 48.5 Å². The van der Waals surface area contributed by atoms with E-state index in [1.54, 1.807) is 0 Å². The molecule has 4 heterocycles. The number of para-hydroxylation sites is 6. The molecule has 18 aromatic rings. The molecule has 0 spiro atoms. The minimum Gasteiger partial charge on any atom is -0.309 e. The molecule has 0 amide bonds. The van der Waals surface area contributed by atoms with Crippen molar-refractivity contribution < 1.29 is 0 Å². The van der Waals surface area contributed by atoms with Crippen LogP contribution in [0.2, 0.25) is 0 Å². The van der Waals surface area contributed by atoms with Gasteiger partial charge in [0.05, 0.1) is 22.7 Å². The molecule has 0 radical (unpaired) electrons. The van der Waals surface area contributed by atoms with Crippen molar-refractivity contribution in [3.63, 3.8) is 0 Å². The summed E-state index contributed by atoms with van der Waals surface area (Å²) in [5, 5.41) is 4.53. The first-order valence-corrected chi connectivity index (χ1v) is 35.8. The van der Waals surface area contributed by atoms with E-state index in [-0.39, 0.29) is 0 Å². The fourth-order valence-electron chi connectivity index (χ4n) is 15.3. The Kier molecular flexibility index (Phi) is 16.1. The second kappa shape index (κ2) is 27.2. The van der Waals surface area contributed by atoms with Crippen LogP contribution in [0.15, 0.2) is 388 Å². The SMILES string of the molecule is c1ccc(-c2ccc(-c3nc(-c4ccccc4)nc(-c4ccc5c6c(cccc46)-c4ccccc4N(c4ccccc4)c4ccccc4-5)n3)cc2)cc1.c1ccc(-c2cccc(-c3nc(-c4ccccc4)nc(-c4ccc5c6c(cccc46)-c4ccccc4N(c4ccccc4)c4ccccc4-5)n3)c2)cc1. The predicted octanol–water partition coefficient (Wildman–Crippen LogP) is 25.6. The Morgan fingerprint density at radius 2 is 0.396 bits per heavy atom. The molecule has 0 aliphatic carbocycles. The molecule has 2 aromatic heterocycles. The van der Waals surface area contributed by atoms with Gasteiger partial charge in [-0.05, 0) is 133 Å². The third kappa shape index (κ3) is 11.5. The summed E-state index contributed by atoms with van der Waals surface area (Å²) in [5.74, 6) is 3.82. The maximum Gasteiger partial charge on any atom is 0.164 e. The number of benzene rings is 16. The third-order valence-corrected chi connectivity index (χ3v) is 20.1. The van der Waals surface area contributed by atoms with Crippen LogP contribution in [-0.2, 0) is 0 Å². The summed E-state index contributed by atoms with van der Waals surface area (Å²) in [6, 6.07) is 136. The quantitative estimate of drug-likeness (QED) is 0.134. The lowest BCUT2D eigenvalue weighted by molar-refractivity contribution is 1.08. The minimum absolute atomic E-state index is 0.635. The molecular weight excluding hydrogens is 1290 g/mol. The highest BCUT2D eigenvalue weighted by atomic mass is 15.2. The van der Waals surface area contributed by atoms with Gasteiger partial charge >= 0.3 is 0 Å². The van der Waals surface area contributed by atoms with Crippen LogP contribution < -0.4 is 9.80 Å². The van der Waals surface area contributed by atoms with Crippen LogP contribution in [0.1, 0.15) is 0 Å². The van der Waals surface area contributed by atoms with E-state index in [0.717, 1.165) is 117 Å². The Bertz CT molecular complexity index is 6210. The Morgan fingerprint density at radius 3 is 0.792 bits per heavy atom. The number of anilines is 6. The summed E-state index contributed by atoms with van der Waals surface area (Å²) in [7, 11) is 0. The maximum atomic E-state index is 5.24. The van der Waals surface area contributed by atoms with Gasteiger partial charge in [-0.1, -0.05) is 322 Å². The van der Waals surface area contributed by atoms with E-state index < -0.39 is 0 Å². The van der Waals surface area contributed by atoms with Crippen molar-refractivity contribution in [2.75, 3.05) is 9.80 Å². The molecule has 0 atom stereocenters. The van der Waals surface area contributed by atoms with E-state index in [2.05, 4.69) is 350 Å². The van der Waals surface area contributed by atoms with Crippen molar-refractivity contribution in [1.29, 1.82) is 0 Å². The van der Waals surface area contributed by atoms with E-state index in [4.69, 9.17) is 29.9 Å². The summed E-state index contributed by atoms with van der Waals surface area (Å²) in [5.41, 5.74) is 26.3. The van der Waals surface area contributed by atoms with E-state index >= 15 is 0 Å². The fourth-order valence-corrected chi connectivity index (χ4v) is 15.3. The van der Waals surface area contributed by atoms with Gasteiger partial charge in [0.2, 0.25) is 0 Å². The lowest BCUT2D eigenvalue weighted by Gasteiger charge is -2.32. The molecule has 8 nitrogen and oxygen atoms in total. The molecule has 0 unspecified atom stereocenters. The van der Waals surface area contributed by atoms with Gasteiger partial charge in [0.1, 0.15) is 0 Å². The van der Waals surface area contributed by atoms with Gasteiger partial charge in [0.25, 0.3) is 0 Å². The monoisotopic (exact) mass is 1350 g/mol. The molecule has 0 saturated heterocycles. The molecular formula is C98H64N8. The fraction of sp³-hybridized carbons (Fsp3) is 0. The van der Waals surface area contributed by atoms with Gasteiger partial charge in [-0.15, -0.1) is 0 Å². The first-order chi connectivity index (χ1) is 52.6. The van der Waals surface area contributed by atoms with Crippen molar-refractivity contribution in [3.8, 4) is 135 Å². The summed E-state index contributed by atoms with van der Waals surface area (Å²) < 4.78 is 0. The Balaban J connectivity index is 0.000000145. The van der Waals surface area contributed by atoms with Gasteiger partial charge in [-0.2, -0.15) is 0 Å². The zero-order valence-corrected chi connectivity index (χ0v) is 57.5. The Morgan fingerprint density at radius 1 is 0.151 bits per heavy atom. The molecule has 2 aliphatic rings. The molecule has 496 valence electrons. The topological polar surface area (TPSA) is 83.8 Å². The number of hydrogen-bond acceptors (Lipinski definition) is 8. The van der Waals surface area contributed by atoms with Gasteiger partial charge in [0, 0.05) is 67.0 Å². The van der Waals surface area contributed by atoms with E-state index in [0.29, 0.717) is 34.9 Å². The van der Waals surface area contributed by atoms with E-state index in [1.165, 1.54) is 38.6 Å². The van der Waals surface area contributed by atoms with Crippen LogP contribution in [0.4, 0.5) is 34.1 Å². The van der Waals surface area contributed by atoms with Crippen molar-refractivity contribution >= 4 is 55.7 Å². The van der Waals surface area contributed by atoms with Gasteiger partial charge in [-0.25, -0.2) is 29.9 Å². The Hall–Kier alpha value is -14.3. The van der Waals surface area contributed by atoms with Crippen molar-refractivity contribution in [2.45, 2.75) is 0 Å². The predicted molar refractivity (Wildman–Crippen MR) is 436 cm³/mol. The average molecular weight is 1350 g/mol. The first-order valence-electron chi connectivity index (χ1n) is 35.8. The van der Waals surface area contributed by atoms with Crippen LogP contribution in [0.5, 0.6) is 0 Å². The molecule has 8 heteroatoms. The zero-order valence-electron chi connectivity index (χ0n) is 57.5. The highest BCUT2D eigenvalue weighted by Gasteiger charge is 2.30. The summed E-state index contributed by atoms with van der Waals surface area (Å²) >= 11 is 0. The largest absolute Gasteiger partial charge is 0.309 e. The molecule has 0 saturated carbocycles. The highest BCUT2D eigenvalue weighted by molar-refractivity contribution is 6.18. The molecule has 2 aliphatic heterocycles. The smallest absolute Gasteiger partial charge is 0.164 e. The Labute approximate surface area is 614 Å². The summed E-state index contributed by atoms with van der Waals surface area (Å²) in [6.07, 6.45) is 0. The van der Waals surface area contributed by atoms with Crippen LogP contribution >= 0.6 is 0 Å². The molecule has 20 rings (SSSR count). The normalized spacial score (nSPS) is 11.7. The second-order valence-corrected chi connectivity index (χ2v) is 26.4. The maximum absolute atomic E-state index is 5.24. The van der Waals surface area contributed by atoms with Crippen LogP contribution in [0.3, 0.4) is 0 Å². The van der Waals surface area contributed by atoms with Crippen LogP contribution in [-0.4, -0.2) is 29.9 Å². The summed E-state index contributed by atoms with van der Waals surface area (Å²) in [6.45, 7) is 0. The van der Waals surface area contributed by atoms with Crippen LogP contribution in [0.25, 0.3) is 157 Å². The molecule has 0 bridgehead atoms. The molecule has 16 aromatic carbocycles. The average Bonchev–Trinajstić information content (AvgIpc) is 0.730. The lowest BCUT2D eigenvalue weighted by atomic mass is 9.86. The number of fused-ring (bicyclic) bond motifs is 8. The standard InChI is InChI=1S/2C49H32N4/c1-4-16-33(17-5-1)35-20-14-21-36(32-35)48-50-47(34-18-6-2-7-19-34)51-49(52-48)43-31-30-42-39-25-11-13-29-45(39)53(37-22-8-3-9-23-37)44-28-12-10-24-38(44)40-26-15-27-41(43)46(40)42;1-4-15-33(16-5-1)34-27-29-36(30-28-34)48-50-47(35-17-6-2-7-18-35)51-49(52-48)43-32-31-42-39-22-11-13-26-45(39)53(37-19-8-3-9-20-37)44-25-12-10-21-38(44)40-23-14-24-41(43)46(40)42/h2*1-32H. The molecule has 0 fully saturated rings. The number of hydrogen-bond donors (Lipinski definition) is 0. The summed E-state index contributed by atoms with van der Waals surface area (Å²) in [4.78, 5) is 35.7. The third-order valence-electron chi connectivity index (χ3n) is 20.1. The first kappa shape index (κ1) is 62.6. The van der Waals surface area contributed by atoms with Gasteiger partial charge < -0.3 is 9.80 Å². The van der Waals surface area contributed by atoms with Crippen molar-refractivity contribution in [1.82, 2.24) is 29.9 Å². The number of nitrogens with zero attached hydrogens (tertiary/aromatic N) is 8. The van der Waals surface area contributed by atoms with Crippen LogP contribution in [0, 0.1) is 0 Å². The highest BCUT2D eigenvalue weighted by Crippen LogP contribution is 2.54. The van der Waals surface area contributed by atoms with Crippen molar-refractivity contribution in [2.24, 2.45) is 0 Å². The lowest BCUT2D eigenvalue weighted by Crippen LogP contribution is -2.13. The number of rotatable bonds is 10. The second-order valence-electron chi connectivity index (χ2n) is 26.4. The van der Waals surface area contributed by atoms with Gasteiger partial charge in [-0.3, -0.25) is 0 Å². The molecule has 106 heavy (non-hydrogen) atoms. The van der Waals surface area contributed by atoms with Crippen molar-refractivity contribution in [3.05, 3.63) is 388 Å². The molecule has 0 N–H and O–H groups in total. The zero-order chi connectivity index (χ0) is 70.3.